The Morgan fingerprint density at radius 2 is 1.67 bits per heavy atom. The van der Waals surface area contributed by atoms with Crippen LogP contribution in [0, 0.1) is 0 Å². The third-order valence-corrected chi connectivity index (χ3v) is 3.88. The molecule has 2 heterocycles. The molecule has 0 amide bonds. The van der Waals surface area contributed by atoms with Gasteiger partial charge in [-0.05, 0) is 17.7 Å². The normalized spacial score (nSPS) is 16.4. The Labute approximate surface area is 122 Å². The molecule has 2 aromatic carbocycles. The molecule has 4 rings (SSSR count). The van der Waals surface area contributed by atoms with Gasteiger partial charge < -0.3 is 10.1 Å². The SMILES string of the molecule is c1ccc(C2(Oc3ccc4nccnc4c3)CNC2)cc1. The van der Waals surface area contributed by atoms with E-state index in [9.17, 15) is 0 Å². The summed E-state index contributed by atoms with van der Waals surface area (Å²) in [5, 5.41) is 3.30. The van der Waals surface area contributed by atoms with Crippen molar-refractivity contribution in [3.8, 4) is 5.75 Å². The van der Waals surface area contributed by atoms with Crippen molar-refractivity contribution >= 4 is 11.0 Å². The summed E-state index contributed by atoms with van der Waals surface area (Å²) >= 11 is 0. The smallest absolute Gasteiger partial charge is 0.159 e. The maximum absolute atomic E-state index is 6.30. The zero-order valence-electron chi connectivity index (χ0n) is 11.5. The molecule has 21 heavy (non-hydrogen) atoms. The predicted octanol–water partition coefficient (Wildman–Crippen LogP) is 2.51. The van der Waals surface area contributed by atoms with Crippen LogP contribution < -0.4 is 10.1 Å². The van der Waals surface area contributed by atoms with E-state index in [0.29, 0.717) is 0 Å². The van der Waals surface area contributed by atoms with Gasteiger partial charge in [0.25, 0.3) is 0 Å². The van der Waals surface area contributed by atoms with E-state index in [4.69, 9.17) is 4.74 Å². The number of benzene rings is 2. The van der Waals surface area contributed by atoms with Crippen LogP contribution in [0.4, 0.5) is 0 Å². The fourth-order valence-corrected chi connectivity index (χ4v) is 2.66. The van der Waals surface area contributed by atoms with Crippen LogP contribution in [0.2, 0.25) is 0 Å². The molecule has 1 aromatic heterocycles. The van der Waals surface area contributed by atoms with Gasteiger partial charge in [-0.25, -0.2) is 0 Å². The number of ether oxygens (including phenoxy) is 1. The second-order valence-corrected chi connectivity index (χ2v) is 5.27. The van der Waals surface area contributed by atoms with Crippen molar-refractivity contribution in [2.75, 3.05) is 13.1 Å². The molecule has 0 aliphatic carbocycles. The molecular weight excluding hydrogens is 262 g/mol. The third kappa shape index (κ3) is 2.14. The summed E-state index contributed by atoms with van der Waals surface area (Å²) in [6.07, 6.45) is 3.40. The van der Waals surface area contributed by atoms with Crippen LogP contribution in [0.25, 0.3) is 11.0 Å². The molecule has 0 bridgehead atoms. The van der Waals surface area contributed by atoms with E-state index in [2.05, 4.69) is 27.4 Å². The molecule has 1 N–H and O–H groups in total. The average Bonchev–Trinajstić information content (AvgIpc) is 2.51. The van der Waals surface area contributed by atoms with E-state index in [1.54, 1.807) is 12.4 Å². The first-order valence-corrected chi connectivity index (χ1v) is 7.02. The highest BCUT2D eigenvalue weighted by molar-refractivity contribution is 5.75. The Hall–Kier alpha value is -2.46. The van der Waals surface area contributed by atoms with Crippen LogP contribution in [-0.4, -0.2) is 23.1 Å². The summed E-state index contributed by atoms with van der Waals surface area (Å²) in [6, 6.07) is 16.2. The second kappa shape index (κ2) is 4.82. The van der Waals surface area contributed by atoms with Gasteiger partial charge >= 0.3 is 0 Å². The van der Waals surface area contributed by atoms with E-state index in [1.807, 2.05) is 36.4 Å². The van der Waals surface area contributed by atoms with Crippen molar-refractivity contribution in [1.29, 1.82) is 0 Å². The summed E-state index contributed by atoms with van der Waals surface area (Å²) in [4.78, 5) is 8.61. The molecular formula is C17H15N3O. The minimum absolute atomic E-state index is 0.281. The van der Waals surface area contributed by atoms with Crippen molar-refractivity contribution in [1.82, 2.24) is 15.3 Å². The van der Waals surface area contributed by atoms with E-state index in [0.717, 1.165) is 29.9 Å². The monoisotopic (exact) mass is 277 g/mol. The number of nitrogens with zero attached hydrogens (tertiary/aromatic N) is 2. The van der Waals surface area contributed by atoms with Gasteiger partial charge in [-0.3, -0.25) is 9.97 Å². The van der Waals surface area contributed by atoms with Gasteiger partial charge in [0.1, 0.15) is 5.75 Å². The van der Waals surface area contributed by atoms with Crippen molar-refractivity contribution in [2.45, 2.75) is 5.60 Å². The van der Waals surface area contributed by atoms with Crippen LogP contribution in [0.3, 0.4) is 0 Å². The zero-order chi connectivity index (χ0) is 14.1. The largest absolute Gasteiger partial charge is 0.480 e. The van der Waals surface area contributed by atoms with Crippen molar-refractivity contribution in [2.24, 2.45) is 0 Å². The highest BCUT2D eigenvalue weighted by Gasteiger charge is 2.41. The molecule has 1 aliphatic heterocycles. The fourth-order valence-electron chi connectivity index (χ4n) is 2.66. The van der Waals surface area contributed by atoms with E-state index >= 15 is 0 Å². The lowest BCUT2D eigenvalue weighted by molar-refractivity contribution is 0.0123. The van der Waals surface area contributed by atoms with Crippen molar-refractivity contribution in [3.05, 3.63) is 66.5 Å². The van der Waals surface area contributed by atoms with Crippen LogP contribution in [0.15, 0.2) is 60.9 Å². The number of hydrogen-bond acceptors (Lipinski definition) is 4. The topological polar surface area (TPSA) is 47.0 Å². The van der Waals surface area contributed by atoms with Crippen LogP contribution >= 0.6 is 0 Å². The molecule has 1 aliphatic rings. The molecule has 0 saturated carbocycles. The first-order valence-electron chi connectivity index (χ1n) is 7.02. The number of nitrogens with one attached hydrogen (secondary N) is 1. The molecule has 1 saturated heterocycles. The maximum Gasteiger partial charge on any atom is 0.159 e. The minimum atomic E-state index is -0.281. The fraction of sp³-hybridized carbons (Fsp3) is 0.176. The Morgan fingerprint density at radius 3 is 2.38 bits per heavy atom. The van der Waals surface area contributed by atoms with Crippen molar-refractivity contribution in [3.63, 3.8) is 0 Å². The lowest BCUT2D eigenvalue weighted by Gasteiger charge is -2.43. The third-order valence-electron chi connectivity index (χ3n) is 3.88. The Kier molecular flexibility index (Phi) is 2.82. The molecule has 0 unspecified atom stereocenters. The molecule has 4 heteroatoms. The minimum Gasteiger partial charge on any atom is -0.480 e. The average molecular weight is 277 g/mol. The number of fused-ring (bicyclic) bond motifs is 1. The van der Waals surface area contributed by atoms with E-state index in [1.165, 1.54) is 5.56 Å². The Bertz CT molecular complexity index is 769. The van der Waals surface area contributed by atoms with E-state index in [-0.39, 0.29) is 5.60 Å². The van der Waals surface area contributed by atoms with Gasteiger partial charge in [-0.1, -0.05) is 30.3 Å². The van der Waals surface area contributed by atoms with Gasteiger partial charge in [0, 0.05) is 31.5 Å². The van der Waals surface area contributed by atoms with Crippen LogP contribution in [-0.2, 0) is 5.60 Å². The zero-order valence-corrected chi connectivity index (χ0v) is 11.5. The molecule has 0 spiro atoms. The van der Waals surface area contributed by atoms with Gasteiger partial charge in [0.15, 0.2) is 5.60 Å². The summed E-state index contributed by atoms with van der Waals surface area (Å²) in [6.45, 7) is 1.63. The maximum atomic E-state index is 6.30. The second-order valence-electron chi connectivity index (χ2n) is 5.27. The summed E-state index contributed by atoms with van der Waals surface area (Å²) in [5.74, 6) is 0.827. The van der Waals surface area contributed by atoms with Crippen LogP contribution in [0.5, 0.6) is 5.75 Å². The predicted molar refractivity (Wildman–Crippen MR) is 81.2 cm³/mol. The summed E-state index contributed by atoms with van der Waals surface area (Å²) in [7, 11) is 0. The van der Waals surface area contributed by atoms with Crippen LogP contribution in [0.1, 0.15) is 5.56 Å². The highest BCUT2D eigenvalue weighted by Crippen LogP contribution is 2.32. The number of aromatic nitrogens is 2. The molecule has 3 aromatic rings. The Morgan fingerprint density at radius 1 is 0.905 bits per heavy atom. The van der Waals surface area contributed by atoms with E-state index < -0.39 is 0 Å². The van der Waals surface area contributed by atoms with Crippen molar-refractivity contribution < 1.29 is 4.74 Å². The van der Waals surface area contributed by atoms with Gasteiger partial charge in [-0.15, -0.1) is 0 Å². The standard InChI is InChI=1S/C17H15N3O/c1-2-4-13(5-3-1)17(11-18-12-17)21-14-6-7-15-16(10-14)20-9-8-19-15/h1-10,18H,11-12H2. The van der Waals surface area contributed by atoms with Gasteiger partial charge in [0.05, 0.1) is 11.0 Å². The molecule has 1 fully saturated rings. The quantitative estimate of drug-likeness (QED) is 0.799. The highest BCUT2D eigenvalue weighted by atomic mass is 16.5. The molecule has 104 valence electrons. The van der Waals surface area contributed by atoms with Gasteiger partial charge in [0.2, 0.25) is 0 Å². The lowest BCUT2D eigenvalue weighted by Crippen LogP contribution is -2.60. The first kappa shape index (κ1) is 12.3. The van der Waals surface area contributed by atoms with Gasteiger partial charge in [-0.2, -0.15) is 0 Å². The Balaban J connectivity index is 1.69. The summed E-state index contributed by atoms with van der Waals surface area (Å²) < 4.78 is 6.30. The number of rotatable bonds is 3. The molecule has 0 atom stereocenters. The lowest BCUT2D eigenvalue weighted by atomic mass is 9.88. The molecule has 0 radical (unpaired) electrons. The summed E-state index contributed by atoms with van der Waals surface area (Å²) in [5.41, 5.74) is 2.65. The first-order chi connectivity index (χ1) is 10.4. The number of hydrogen-bond donors (Lipinski definition) is 1. The molecule has 4 nitrogen and oxygen atoms in total.